The molecule has 0 aliphatic heterocycles. The summed E-state index contributed by atoms with van der Waals surface area (Å²) in [6.07, 6.45) is 12.0. The van der Waals surface area contributed by atoms with Crippen LogP contribution in [-0.4, -0.2) is 6.16 Å². The molecule has 184 valence electrons. The van der Waals surface area contributed by atoms with Crippen LogP contribution in [0.2, 0.25) is 0 Å². The maximum atomic E-state index is 3.69. The van der Waals surface area contributed by atoms with E-state index in [9.17, 15) is 0 Å². The first-order chi connectivity index (χ1) is 18.3. The molecule has 0 unspecified atom stereocenters. The van der Waals surface area contributed by atoms with E-state index in [2.05, 4.69) is 158 Å². The summed E-state index contributed by atoms with van der Waals surface area (Å²) < 4.78 is 0. The molecule has 0 aliphatic carbocycles. The largest absolute Gasteiger partial charge is 0.134 e. The Bertz CT molecular complexity index is 1230. The zero-order valence-corrected chi connectivity index (χ0v) is 22.7. The van der Waals surface area contributed by atoms with Gasteiger partial charge in [-0.2, -0.15) is 0 Å². The van der Waals surface area contributed by atoms with E-state index in [1.165, 1.54) is 46.3 Å². The summed E-state index contributed by atoms with van der Waals surface area (Å²) in [5, 5.41) is 4.13. The Morgan fingerprint density at radius 3 is 1.62 bits per heavy atom. The van der Waals surface area contributed by atoms with Gasteiger partial charge in [-0.25, -0.2) is 0 Å². The highest BCUT2D eigenvalue weighted by Gasteiger charge is 2.44. The highest BCUT2D eigenvalue weighted by atomic mass is 31.2. The molecule has 0 aliphatic rings. The summed E-state index contributed by atoms with van der Waals surface area (Å²) in [7, 11) is -1.93. The third-order valence-corrected chi connectivity index (χ3v) is 10.8. The van der Waals surface area contributed by atoms with Crippen molar-refractivity contribution in [3.63, 3.8) is 0 Å². The van der Waals surface area contributed by atoms with Gasteiger partial charge in [0.05, 0.1) is 0 Å². The molecule has 0 saturated heterocycles. The van der Waals surface area contributed by atoms with Crippen LogP contribution in [0.25, 0.3) is 6.08 Å². The molecule has 1 heteroatoms. The van der Waals surface area contributed by atoms with Crippen molar-refractivity contribution in [2.45, 2.75) is 32.6 Å². The fourth-order valence-electron chi connectivity index (χ4n) is 4.63. The minimum Gasteiger partial charge on any atom is -0.0677 e. The molecular weight excluding hydrogens is 463 g/mol. The van der Waals surface area contributed by atoms with E-state index in [4.69, 9.17) is 0 Å². The first-order valence-electron chi connectivity index (χ1n) is 13.3. The first-order valence-corrected chi connectivity index (χ1v) is 15.3. The van der Waals surface area contributed by atoms with Crippen molar-refractivity contribution in [3.8, 4) is 11.8 Å². The second-order valence-electron chi connectivity index (χ2n) is 9.20. The Hall–Kier alpha value is -3.65. The Labute approximate surface area is 224 Å². The van der Waals surface area contributed by atoms with Crippen LogP contribution in [0.3, 0.4) is 0 Å². The molecule has 4 aromatic carbocycles. The lowest BCUT2D eigenvalue weighted by atomic mass is 10.1. The molecule has 0 spiro atoms. The smallest absolute Gasteiger partial charge is 0.0677 e. The topological polar surface area (TPSA) is 0 Å². The molecule has 0 N–H and O–H groups in total. The van der Waals surface area contributed by atoms with Crippen LogP contribution in [0.4, 0.5) is 0 Å². The maximum absolute atomic E-state index is 3.69. The predicted octanol–water partition coefficient (Wildman–Crippen LogP) is 8.20. The number of hydrogen-bond acceptors (Lipinski definition) is 0. The van der Waals surface area contributed by atoms with Crippen LogP contribution in [0.5, 0.6) is 0 Å². The van der Waals surface area contributed by atoms with E-state index in [-0.39, 0.29) is 0 Å². The highest BCUT2D eigenvalue weighted by molar-refractivity contribution is 7.95. The Morgan fingerprint density at radius 1 is 0.649 bits per heavy atom. The molecular formula is C36H36P+. The van der Waals surface area contributed by atoms with Gasteiger partial charge in [0.15, 0.2) is 0 Å². The quantitative estimate of drug-likeness (QED) is 0.0893. The zero-order valence-electron chi connectivity index (χ0n) is 21.8. The third kappa shape index (κ3) is 7.20. The molecule has 4 aromatic rings. The van der Waals surface area contributed by atoms with Crippen molar-refractivity contribution in [1.82, 2.24) is 0 Å². The van der Waals surface area contributed by atoms with E-state index >= 15 is 0 Å². The average molecular weight is 500 g/mol. The van der Waals surface area contributed by atoms with E-state index in [1.54, 1.807) is 0 Å². The molecule has 37 heavy (non-hydrogen) atoms. The number of benzene rings is 4. The van der Waals surface area contributed by atoms with Crippen LogP contribution >= 0.6 is 7.26 Å². The fraction of sp³-hybridized carbons (Fsp3) is 0.167. The lowest BCUT2D eigenvalue weighted by Crippen LogP contribution is -2.33. The second-order valence-corrected chi connectivity index (χ2v) is 12.7. The molecule has 0 radical (unpaired) electrons. The predicted molar refractivity (Wildman–Crippen MR) is 165 cm³/mol. The summed E-state index contributed by atoms with van der Waals surface area (Å²) >= 11 is 0. The van der Waals surface area contributed by atoms with E-state index in [0.717, 1.165) is 12.6 Å². The average Bonchev–Trinajstić information content (AvgIpc) is 2.97. The van der Waals surface area contributed by atoms with Gasteiger partial charge in [0.1, 0.15) is 29.3 Å². The molecule has 0 nitrogen and oxygen atoms in total. The van der Waals surface area contributed by atoms with Gasteiger partial charge in [0, 0.05) is 5.57 Å². The van der Waals surface area contributed by atoms with E-state index in [0.29, 0.717) is 0 Å². The van der Waals surface area contributed by atoms with E-state index in [1.807, 2.05) is 0 Å². The summed E-state index contributed by atoms with van der Waals surface area (Å²) in [6.45, 7) is 2.25. The Kier molecular flexibility index (Phi) is 10.1. The molecule has 0 aromatic heterocycles. The SMILES string of the molecule is CCCCC/C(C#CC[P+](c1ccccc1)(c1ccccc1)c1ccccc1)=C/C=C/c1ccccc1. The highest BCUT2D eigenvalue weighted by Crippen LogP contribution is 2.54. The normalized spacial score (nSPS) is 11.8. The molecule has 4 rings (SSSR count). The molecule has 0 fully saturated rings. The summed E-state index contributed by atoms with van der Waals surface area (Å²) in [4.78, 5) is 0. The van der Waals surface area contributed by atoms with Gasteiger partial charge in [0.2, 0.25) is 0 Å². The van der Waals surface area contributed by atoms with Gasteiger partial charge < -0.3 is 0 Å². The lowest BCUT2D eigenvalue weighted by molar-refractivity contribution is 0.721. The first kappa shape index (κ1) is 26.4. The van der Waals surface area contributed by atoms with Crippen LogP contribution in [0.1, 0.15) is 38.2 Å². The summed E-state index contributed by atoms with van der Waals surface area (Å²) in [5.74, 6) is 7.31. The minimum absolute atomic E-state index is 0.818. The van der Waals surface area contributed by atoms with Crippen molar-refractivity contribution >= 4 is 29.3 Å². The monoisotopic (exact) mass is 499 g/mol. The zero-order chi connectivity index (χ0) is 25.6. The molecule has 0 amide bonds. The van der Waals surface area contributed by atoms with E-state index < -0.39 is 7.26 Å². The van der Waals surface area contributed by atoms with Crippen molar-refractivity contribution in [1.29, 1.82) is 0 Å². The minimum atomic E-state index is -1.93. The van der Waals surface area contributed by atoms with Gasteiger partial charge in [-0.05, 0) is 54.8 Å². The van der Waals surface area contributed by atoms with Crippen LogP contribution in [0, 0.1) is 11.8 Å². The van der Waals surface area contributed by atoms with Gasteiger partial charge in [-0.3, -0.25) is 0 Å². The van der Waals surface area contributed by atoms with Crippen LogP contribution in [0.15, 0.2) is 139 Å². The number of hydrogen-bond donors (Lipinski definition) is 0. The molecule has 0 saturated carbocycles. The number of rotatable bonds is 10. The summed E-state index contributed by atoms with van der Waals surface area (Å²) in [5.41, 5.74) is 2.43. The van der Waals surface area contributed by atoms with Crippen molar-refractivity contribution < 1.29 is 0 Å². The van der Waals surface area contributed by atoms with Crippen molar-refractivity contribution in [2.75, 3.05) is 6.16 Å². The number of allylic oxidation sites excluding steroid dienone is 3. The van der Waals surface area contributed by atoms with Crippen molar-refractivity contribution in [3.05, 3.63) is 145 Å². The molecule has 0 atom stereocenters. The number of unbranched alkanes of at least 4 members (excludes halogenated alkanes) is 2. The second kappa shape index (κ2) is 14.2. The third-order valence-electron chi connectivity index (χ3n) is 6.59. The fourth-order valence-corrected chi connectivity index (χ4v) is 8.43. The van der Waals surface area contributed by atoms with Gasteiger partial charge in [0.25, 0.3) is 0 Å². The maximum Gasteiger partial charge on any atom is 0.134 e. The van der Waals surface area contributed by atoms with Gasteiger partial charge in [-0.15, -0.1) is 0 Å². The Balaban J connectivity index is 1.73. The van der Waals surface area contributed by atoms with Gasteiger partial charge in [-0.1, -0.05) is 135 Å². The van der Waals surface area contributed by atoms with Crippen LogP contribution < -0.4 is 15.9 Å². The molecule has 0 bridgehead atoms. The van der Waals surface area contributed by atoms with Crippen LogP contribution in [-0.2, 0) is 0 Å². The molecule has 0 heterocycles. The Morgan fingerprint density at radius 2 is 1.14 bits per heavy atom. The van der Waals surface area contributed by atoms with Gasteiger partial charge >= 0.3 is 0 Å². The standard InChI is InChI=1S/C36H36P/c1-2-3-8-19-33(23-17-22-32-20-9-4-10-21-32)24-18-31-37(34-25-11-5-12-26-34,35-27-13-6-14-28-35)36-29-15-7-16-30-36/h4-7,9-17,20-23,25-30H,2-3,8,19,31H2,1H3/q+1/b22-17+,33-23-. The summed E-state index contributed by atoms with van der Waals surface area (Å²) in [6, 6.07) is 43.5. The van der Waals surface area contributed by atoms with Crippen molar-refractivity contribution in [2.24, 2.45) is 0 Å². The lowest BCUT2D eigenvalue weighted by Gasteiger charge is -2.25.